The van der Waals surface area contributed by atoms with Crippen molar-refractivity contribution in [2.45, 2.75) is 59.0 Å². The number of hydrogen-bond acceptors (Lipinski definition) is 2. The lowest BCUT2D eigenvalue weighted by molar-refractivity contribution is 0.223. The van der Waals surface area contributed by atoms with Crippen LogP contribution < -0.4 is 5.32 Å². The molecule has 0 bridgehead atoms. The maximum Gasteiger partial charge on any atom is 0.0195 e. The molecule has 0 radical (unpaired) electrons. The zero-order valence-electron chi connectivity index (χ0n) is 11.4. The molecule has 2 nitrogen and oxygen atoms in total. The van der Waals surface area contributed by atoms with Crippen LogP contribution in [-0.2, 0) is 0 Å². The van der Waals surface area contributed by atoms with Crippen molar-refractivity contribution in [3.63, 3.8) is 0 Å². The molecule has 2 heteroatoms. The average Bonchev–Trinajstić information content (AvgIpc) is 2.39. The molecule has 1 aliphatic rings. The van der Waals surface area contributed by atoms with Gasteiger partial charge in [0, 0.05) is 25.2 Å². The largest absolute Gasteiger partial charge is 0.313 e. The van der Waals surface area contributed by atoms with Crippen LogP contribution in [0.2, 0.25) is 0 Å². The van der Waals surface area contributed by atoms with Gasteiger partial charge in [-0.15, -0.1) is 0 Å². The highest BCUT2D eigenvalue weighted by Gasteiger charge is 2.21. The predicted molar refractivity (Wildman–Crippen MR) is 71.8 cm³/mol. The van der Waals surface area contributed by atoms with Gasteiger partial charge in [0.1, 0.15) is 0 Å². The zero-order chi connectivity index (χ0) is 12.0. The standard InChI is InChI=1S/C14H28N2/c1-5-6-14-11-16(10-8-12(2)3)13(4)7-9-15-14/h8,13-15H,5-7,9-11H2,1-4H3. The summed E-state index contributed by atoms with van der Waals surface area (Å²) in [6, 6.07) is 1.41. The topological polar surface area (TPSA) is 15.3 Å². The lowest BCUT2D eigenvalue weighted by Crippen LogP contribution is -2.40. The van der Waals surface area contributed by atoms with Crippen molar-refractivity contribution >= 4 is 0 Å². The summed E-state index contributed by atoms with van der Waals surface area (Å²) in [6.45, 7) is 12.5. The fraction of sp³-hybridized carbons (Fsp3) is 0.857. The summed E-state index contributed by atoms with van der Waals surface area (Å²) in [5, 5.41) is 3.67. The Bertz CT molecular complexity index is 219. The highest BCUT2D eigenvalue weighted by atomic mass is 15.2. The summed E-state index contributed by atoms with van der Waals surface area (Å²) in [6.07, 6.45) is 6.21. The molecule has 1 fully saturated rings. The quantitative estimate of drug-likeness (QED) is 0.739. The Morgan fingerprint density at radius 2 is 2.19 bits per heavy atom. The van der Waals surface area contributed by atoms with E-state index in [9.17, 15) is 0 Å². The van der Waals surface area contributed by atoms with Gasteiger partial charge in [0.25, 0.3) is 0 Å². The van der Waals surface area contributed by atoms with Gasteiger partial charge >= 0.3 is 0 Å². The fourth-order valence-corrected chi connectivity index (χ4v) is 2.30. The Kier molecular flexibility index (Phi) is 6.07. The van der Waals surface area contributed by atoms with Crippen molar-refractivity contribution in [1.82, 2.24) is 10.2 Å². The first-order valence-electron chi connectivity index (χ1n) is 6.74. The van der Waals surface area contributed by atoms with E-state index in [1.165, 1.54) is 37.9 Å². The summed E-state index contributed by atoms with van der Waals surface area (Å²) in [7, 11) is 0. The number of nitrogens with zero attached hydrogens (tertiary/aromatic N) is 1. The van der Waals surface area contributed by atoms with E-state index in [0.717, 1.165) is 6.54 Å². The van der Waals surface area contributed by atoms with E-state index < -0.39 is 0 Å². The van der Waals surface area contributed by atoms with Crippen molar-refractivity contribution in [3.8, 4) is 0 Å². The van der Waals surface area contributed by atoms with E-state index in [0.29, 0.717) is 12.1 Å². The van der Waals surface area contributed by atoms with Crippen molar-refractivity contribution in [2.75, 3.05) is 19.6 Å². The minimum absolute atomic E-state index is 0.695. The molecule has 94 valence electrons. The summed E-state index contributed by atoms with van der Waals surface area (Å²) >= 11 is 0. The first-order valence-corrected chi connectivity index (χ1v) is 6.74. The summed E-state index contributed by atoms with van der Waals surface area (Å²) in [5.41, 5.74) is 1.43. The summed E-state index contributed by atoms with van der Waals surface area (Å²) < 4.78 is 0. The Hall–Kier alpha value is -0.340. The van der Waals surface area contributed by atoms with Gasteiger partial charge in [-0.25, -0.2) is 0 Å². The Morgan fingerprint density at radius 3 is 2.81 bits per heavy atom. The van der Waals surface area contributed by atoms with E-state index in [1.54, 1.807) is 0 Å². The van der Waals surface area contributed by atoms with Gasteiger partial charge in [-0.1, -0.05) is 25.0 Å². The molecule has 2 atom stereocenters. The van der Waals surface area contributed by atoms with Crippen molar-refractivity contribution in [1.29, 1.82) is 0 Å². The minimum atomic E-state index is 0.695. The van der Waals surface area contributed by atoms with Gasteiger partial charge in [-0.2, -0.15) is 0 Å². The van der Waals surface area contributed by atoms with Crippen LogP contribution in [0.1, 0.15) is 47.0 Å². The van der Waals surface area contributed by atoms with Crippen LogP contribution in [0.5, 0.6) is 0 Å². The zero-order valence-corrected chi connectivity index (χ0v) is 11.4. The molecular formula is C14H28N2. The monoisotopic (exact) mass is 224 g/mol. The number of allylic oxidation sites excluding steroid dienone is 1. The SMILES string of the molecule is CCCC1CN(CC=C(C)C)C(C)CCN1. The molecule has 1 rings (SSSR count). The number of nitrogens with one attached hydrogen (secondary N) is 1. The van der Waals surface area contributed by atoms with Crippen LogP contribution in [0, 0.1) is 0 Å². The first kappa shape index (κ1) is 13.7. The van der Waals surface area contributed by atoms with Crippen LogP contribution in [0.3, 0.4) is 0 Å². The molecule has 16 heavy (non-hydrogen) atoms. The molecule has 0 amide bonds. The van der Waals surface area contributed by atoms with Gasteiger partial charge in [-0.05, 0) is 40.2 Å². The third-order valence-corrected chi connectivity index (χ3v) is 3.44. The Labute approximate surface area is 101 Å². The molecule has 1 aliphatic heterocycles. The van der Waals surface area contributed by atoms with Gasteiger partial charge in [-0.3, -0.25) is 4.90 Å². The average molecular weight is 224 g/mol. The van der Waals surface area contributed by atoms with E-state index in [2.05, 4.69) is 44.0 Å². The predicted octanol–water partition coefficient (Wildman–Crippen LogP) is 2.81. The second-order valence-electron chi connectivity index (χ2n) is 5.31. The summed E-state index contributed by atoms with van der Waals surface area (Å²) in [4.78, 5) is 2.62. The van der Waals surface area contributed by atoms with E-state index in [1.807, 2.05) is 0 Å². The van der Waals surface area contributed by atoms with Crippen molar-refractivity contribution < 1.29 is 0 Å². The first-order chi connectivity index (χ1) is 7.63. The number of rotatable bonds is 4. The Balaban J connectivity index is 2.52. The Morgan fingerprint density at radius 1 is 1.44 bits per heavy atom. The fourth-order valence-electron chi connectivity index (χ4n) is 2.30. The number of hydrogen-bond donors (Lipinski definition) is 1. The van der Waals surface area contributed by atoms with Crippen molar-refractivity contribution in [3.05, 3.63) is 11.6 Å². The third kappa shape index (κ3) is 4.67. The van der Waals surface area contributed by atoms with Crippen molar-refractivity contribution in [2.24, 2.45) is 0 Å². The smallest absolute Gasteiger partial charge is 0.0195 e. The van der Waals surface area contributed by atoms with E-state index in [4.69, 9.17) is 0 Å². The van der Waals surface area contributed by atoms with Crippen LogP contribution in [0.15, 0.2) is 11.6 Å². The molecule has 0 aromatic heterocycles. The molecule has 0 saturated carbocycles. The van der Waals surface area contributed by atoms with Gasteiger partial charge in [0.15, 0.2) is 0 Å². The highest BCUT2D eigenvalue weighted by molar-refractivity contribution is 4.96. The molecular weight excluding hydrogens is 196 g/mol. The lowest BCUT2D eigenvalue weighted by Gasteiger charge is -2.28. The molecule has 1 heterocycles. The molecule has 0 aromatic carbocycles. The van der Waals surface area contributed by atoms with Crippen LogP contribution in [0.4, 0.5) is 0 Å². The summed E-state index contributed by atoms with van der Waals surface area (Å²) in [5.74, 6) is 0. The van der Waals surface area contributed by atoms with E-state index >= 15 is 0 Å². The molecule has 2 unspecified atom stereocenters. The van der Waals surface area contributed by atoms with E-state index in [-0.39, 0.29) is 0 Å². The second-order valence-corrected chi connectivity index (χ2v) is 5.31. The van der Waals surface area contributed by atoms with Crippen LogP contribution in [-0.4, -0.2) is 36.6 Å². The van der Waals surface area contributed by atoms with Crippen LogP contribution >= 0.6 is 0 Å². The lowest BCUT2D eigenvalue weighted by atomic mass is 10.1. The molecule has 1 N–H and O–H groups in total. The molecule has 0 spiro atoms. The molecule has 0 aromatic rings. The second kappa shape index (κ2) is 7.08. The van der Waals surface area contributed by atoms with Gasteiger partial charge in [0.2, 0.25) is 0 Å². The normalized spacial score (nSPS) is 27.5. The van der Waals surface area contributed by atoms with Gasteiger partial charge < -0.3 is 5.32 Å². The highest BCUT2D eigenvalue weighted by Crippen LogP contribution is 2.12. The third-order valence-electron chi connectivity index (χ3n) is 3.44. The maximum atomic E-state index is 3.67. The van der Waals surface area contributed by atoms with Crippen LogP contribution in [0.25, 0.3) is 0 Å². The molecule has 0 aliphatic carbocycles. The maximum absolute atomic E-state index is 3.67. The van der Waals surface area contributed by atoms with Gasteiger partial charge in [0.05, 0.1) is 0 Å². The molecule has 1 saturated heterocycles. The minimum Gasteiger partial charge on any atom is -0.313 e.